The number of ether oxygens (including phenoxy) is 2. The summed E-state index contributed by atoms with van der Waals surface area (Å²) in [6.07, 6.45) is 8.16. The van der Waals surface area contributed by atoms with Gasteiger partial charge in [-0.1, -0.05) is 23.7 Å². The number of aryl methyl sites for hydroxylation is 3. The third-order valence-electron chi connectivity index (χ3n) is 6.25. The van der Waals surface area contributed by atoms with E-state index in [1.807, 2.05) is 50.6 Å². The van der Waals surface area contributed by atoms with Gasteiger partial charge in [-0.2, -0.15) is 0 Å². The second-order valence-corrected chi connectivity index (χ2v) is 9.73. The van der Waals surface area contributed by atoms with Crippen molar-refractivity contribution < 1.29 is 14.6 Å². The van der Waals surface area contributed by atoms with Gasteiger partial charge < -0.3 is 19.1 Å². The van der Waals surface area contributed by atoms with Gasteiger partial charge in [-0.3, -0.25) is 4.90 Å². The number of piperidine rings is 1. The Morgan fingerprint density at radius 1 is 1.12 bits per heavy atom. The van der Waals surface area contributed by atoms with Crippen LogP contribution in [0.3, 0.4) is 0 Å². The van der Waals surface area contributed by atoms with Crippen LogP contribution in [0.4, 0.5) is 0 Å². The van der Waals surface area contributed by atoms with Crippen LogP contribution in [0.15, 0.2) is 55.1 Å². The van der Waals surface area contributed by atoms with E-state index in [-0.39, 0.29) is 6.61 Å². The van der Waals surface area contributed by atoms with Crippen molar-refractivity contribution in [2.45, 2.75) is 51.8 Å². The summed E-state index contributed by atoms with van der Waals surface area (Å²) in [5.74, 6) is 1.63. The van der Waals surface area contributed by atoms with E-state index in [0.717, 1.165) is 66.5 Å². The fourth-order valence-corrected chi connectivity index (χ4v) is 4.62. The lowest BCUT2D eigenvalue weighted by molar-refractivity contribution is -0.0621. The van der Waals surface area contributed by atoms with Crippen molar-refractivity contribution in [3.63, 3.8) is 0 Å². The highest BCUT2D eigenvalue weighted by Crippen LogP contribution is 2.28. The van der Waals surface area contributed by atoms with Gasteiger partial charge in [0.25, 0.3) is 0 Å². The molecule has 1 aromatic heterocycles. The van der Waals surface area contributed by atoms with E-state index >= 15 is 0 Å². The maximum absolute atomic E-state index is 11.2. The first-order valence-corrected chi connectivity index (χ1v) is 12.3. The number of hydrogen-bond acceptors (Lipinski definition) is 5. The van der Waals surface area contributed by atoms with Crippen molar-refractivity contribution in [3.8, 4) is 11.5 Å². The summed E-state index contributed by atoms with van der Waals surface area (Å²) in [6, 6.07) is 12.1. The van der Waals surface area contributed by atoms with E-state index in [4.69, 9.17) is 21.1 Å². The predicted molar refractivity (Wildman–Crippen MR) is 135 cm³/mol. The highest BCUT2D eigenvalue weighted by atomic mass is 35.5. The van der Waals surface area contributed by atoms with Gasteiger partial charge in [0.15, 0.2) is 0 Å². The number of nitrogens with zero attached hydrogens (tertiary/aromatic N) is 3. The van der Waals surface area contributed by atoms with E-state index in [1.54, 1.807) is 6.20 Å². The molecule has 3 aromatic rings. The monoisotopic (exact) mass is 483 g/mol. The number of likely N-dealkylation sites (tertiary alicyclic amines) is 1. The van der Waals surface area contributed by atoms with E-state index in [9.17, 15) is 5.11 Å². The average Bonchev–Trinajstić information content (AvgIpc) is 3.33. The molecule has 0 radical (unpaired) electrons. The summed E-state index contributed by atoms with van der Waals surface area (Å²) in [7, 11) is 0. The van der Waals surface area contributed by atoms with Gasteiger partial charge in [0.2, 0.25) is 0 Å². The third-order valence-corrected chi connectivity index (χ3v) is 6.84. The molecule has 7 heteroatoms. The Kier molecular flexibility index (Phi) is 8.14. The first kappa shape index (κ1) is 24.6. The van der Waals surface area contributed by atoms with Crippen molar-refractivity contribution in [2.24, 2.45) is 0 Å². The largest absolute Gasteiger partial charge is 0.494 e. The highest BCUT2D eigenvalue weighted by Gasteiger charge is 2.34. The predicted octanol–water partition coefficient (Wildman–Crippen LogP) is 5.03. The molecule has 2 aromatic carbocycles. The Bertz CT molecular complexity index is 1050. The van der Waals surface area contributed by atoms with Gasteiger partial charge in [0, 0.05) is 37.1 Å². The molecule has 6 nitrogen and oxygen atoms in total. The molecule has 1 saturated heterocycles. The lowest BCUT2D eigenvalue weighted by Crippen LogP contribution is -2.51. The molecule has 0 amide bonds. The molecule has 1 atom stereocenters. The molecule has 182 valence electrons. The fourth-order valence-electron chi connectivity index (χ4n) is 4.51. The second-order valence-electron chi connectivity index (χ2n) is 9.35. The molecule has 0 saturated carbocycles. The van der Waals surface area contributed by atoms with Gasteiger partial charge in [-0.05, 0) is 80.6 Å². The zero-order valence-corrected chi connectivity index (χ0v) is 20.8. The van der Waals surface area contributed by atoms with Gasteiger partial charge in [-0.15, -0.1) is 0 Å². The molecule has 1 fully saturated rings. The van der Waals surface area contributed by atoms with Crippen molar-refractivity contribution in [1.82, 2.24) is 14.5 Å². The summed E-state index contributed by atoms with van der Waals surface area (Å²) >= 11 is 6.27. The summed E-state index contributed by atoms with van der Waals surface area (Å²) in [6.45, 7) is 8.06. The van der Waals surface area contributed by atoms with E-state index in [0.29, 0.717) is 13.2 Å². The van der Waals surface area contributed by atoms with Crippen LogP contribution in [0, 0.1) is 13.8 Å². The minimum atomic E-state index is -0.874. The van der Waals surface area contributed by atoms with Crippen LogP contribution in [0.25, 0.3) is 0 Å². The maximum atomic E-state index is 11.2. The topological polar surface area (TPSA) is 59.8 Å². The lowest BCUT2D eigenvalue weighted by atomic mass is 9.93. The first-order valence-electron chi connectivity index (χ1n) is 11.9. The van der Waals surface area contributed by atoms with Crippen LogP contribution in [0.5, 0.6) is 11.5 Å². The van der Waals surface area contributed by atoms with E-state index in [1.165, 1.54) is 5.56 Å². The SMILES string of the molecule is Cc1cc(OC[C@]2(O)CCCN(Cc3cccc(OCCCn4ccnc4)c3)C2)cc(C)c1Cl. The Morgan fingerprint density at radius 2 is 1.94 bits per heavy atom. The number of aliphatic hydroxyl groups is 1. The number of hydrogen-bond donors (Lipinski definition) is 1. The zero-order valence-electron chi connectivity index (χ0n) is 20.0. The minimum absolute atomic E-state index is 0.268. The lowest BCUT2D eigenvalue weighted by Gasteiger charge is -2.39. The van der Waals surface area contributed by atoms with E-state index in [2.05, 4.69) is 26.6 Å². The van der Waals surface area contributed by atoms with E-state index < -0.39 is 5.60 Å². The second kappa shape index (κ2) is 11.3. The number of halogens is 1. The maximum Gasteiger partial charge on any atom is 0.120 e. The van der Waals surface area contributed by atoms with Crippen LogP contribution in [0.2, 0.25) is 5.02 Å². The summed E-state index contributed by atoms with van der Waals surface area (Å²) in [5, 5.41) is 12.0. The number of aromatic nitrogens is 2. The quantitative estimate of drug-likeness (QED) is 0.410. The molecule has 2 heterocycles. The number of benzene rings is 2. The molecule has 0 spiro atoms. The molecule has 0 aliphatic carbocycles. The molecule has 1 aliphatic rings. The Morgan fingerprint density at radius 3 is 2.71 bits per heavy atom. The Labute approximate surface area is 207 Å². The molecule has 0 bridgehead atoms. The number of rotatable bonds is 10. The normalized spacial score (nSPS) is 18.7. The summed E-state index contributed by atoms with van der Waals surface area (Å²) < 4.78 is 14.0. The van der Waals surface area contributed by atoms with Crippen molar-refractivity contribution in [2.75, 3.05) is 26.3 Å². The van der Waals surface area contributed by atoms with Crippen molar-refractivity contribution in [3.05, 3.63) is 76.8 Å². The van der Waals surface area contributed by atoms with Crippen molar-refractivity contribution in [1.29, 1.82) is 0 Å². The molecule has 34 heavy (non-hydrogen) atoms. The van der Waals surface area contributed by atoms with Crippen LogP contribution < -0.4 is 9.47 Å². The third kappa shape index (κ3) is 6.75. The molecular weight excluding hydrogens is 450 g/mol. The fraction of sp³-hybridized carbons (Fsp3) is 0.444. The first-order chi connectivity index (χ1) is 16.4. The molecule has 1 N–H and O–H groups in total. The molecule has 0 unspecified atom stereocenters. The van der Waals surface area contributed by atoms with Crippen molar-refractivity contribution >= 4 is 11.6 Å². The van der Waals surface area contributed by atoms with Gasteiger partial charge in [0.1, 0.15) is 23.7 Å². The van der Waals surface area contributed by atoms with Crippen LogP contribution in [-0.4, -0.2) is 51.5 Å². The van der Waals surface area contributed by atoms with Gasteiger partial charge in [-0.25, -0.2) is 4.98 Å². The van der Waals surface area contributed by atoms with Crippen LogP contribution >= 0.6 is 11.6 Å². The zero-order chi connectivity index (χ0) is 24.0. The highest BCUT2D eigenvalue weighted by molar-refractivity contribution is 6.32. The van der Waals surface area contributed by atoms with Crippen LogP contribution in [-0.2, 0) is 13.1 Å². The summed E-state index contributed by atoms with van der Waals surface area (Å²) in [5.41, 5.74) is 2.28. The molecule has 4 rings (SSSR count). The smallest absolute Gasteiger partial charge is 0.120 e. The van der Waals surface area contributed by atoms with Gasteiger partial charge in [0.05, 0.1) is 12.9 Å². The molecular formula is C27H34ClN3O3. The standard InChI is InChI=1S/C27H34ClN3O3/c1-21-14-25(15-22(2)26(21)28)34-19-27(32)8-4-10-31(18-27)17-23-6-3-7-24(16-23)33-13-5-11-30-12-9-29-20-30/h3,6-7,9,12,14-16,20,32H,4-5,8,10-11,13,17-19H2,1-2H3/t27-/m0/s1. The minimum Gasteiger partial charge on any atom is -0.494 e. The number of β-amino-alcohol motifs (C(OH)–C–C–N with tert-alkyl or cyclic N) is 1. The molecule has 1 aliphatic heterocycles. The summed E-state index contributed by atoms with van der Waals surface area (Å²) in [4.78, 5) is 6.36. The Balaban J connectivity index is 1.28. The average molecular weight is 484 g/mol. The number of imidazole rings is 1. The van der Waals surface area contributed by atoms with Gasteiger partial charge >= 0.3 is 0 Å². The Hall–Kier alpha value is -2.54. The van der Waals surface area contributed by atoms with Crippen LogP contribution in [0.1, 0.15) is 36.0 Å².